The van der Waals surface area contributed by atoms with E-state index in [-0.39, 0.29) is 5.56 Å². The first-order valence-electron chi connectivity index (χ1n) is 6.53. The number of carbonyl (C=O) groups excluding carboxylic acids is 2. The Hall–Kier alpha value is -1.84. The summed E-state index contributed by atoms with van der Waals surface area (Å²) in [5.74, 6) is -2.39. The molecule has 0 aliphatic carbocycles. The molecule has 0 saturated carbocycles. The lowest BCUT2D eigenvalue weighted by Crippen LogP contribution is -2.50. The molecule has 1 aromatic rings. The van der Waals surface area contributed by atoms with Crippen LogP contribution in [0.5, 0.6) is 0 Å². The standard InChI is InChI=1S/C14H19NO7/c1-15-8-5-3-2-4-7(8)10(18)12(20)14(22)13(21)11(19)9(17)6-16/h2-5,9,11,13-17,19,21-22H,6H2,1H3/t9-,11-,13+,14+/m1/s1. The molecular formula is C14H19NO7. The highest BCUT2D eigenvalue weighted by atomic mass is 16.4. The highest BCUT2D eigenvalue weighted by molar-refractivity contribution is 6.46. The Morgan fingerprint density at radius 2 is 1.68 bits per heavy atom. The molecule has 1 aromatic carbocycles. The van der Waals surface area contributed by atoms with Crippen molar-refractivity contribution in [2.45, 2.75) is 24.4 Å². The Labute approximate surface area is 126 Å². The number of aliphatic hydroxyl groups is 5. The van der Waals surface area contributed by atoms with E-state index in [9.17, 15) is 30.0 Å². The van der Waals surface area contributed by atoms with Crippen molar-refractivity contribution >= 4 is 17.3 Å². The number of anilines is 1. The van der Waals surface area contributed by atoms with Gasteiger partial charge in [0.1, 0.15) is 24.4 Å². The molecule has 0 aromatic heterocycles. The lowest BCUT2D eigenvalue weighted by Gasteiger charge is -2.24. The molecule has 4 atom stereocenters. The van der Waals surface area contributed by atoms with Crippen LogP contribution in [0.25, 0.3) is 0 Å². The van der Waals surface area contributed by atoms with Crippen LogP contribution in [0.3, 0.4) is 0 Å². The van der Waals surface area contributed by atoms with Crippen LogP contribution in [0.2, 0.25) is 0 Å². The first-order chi connectivity index (χ1) is 10.3. The quantitative estimate of drug-likeness (QED) is 0.237. The van der Waals surface area contributed by atoms with Gasteiger partial charge in [0.25, 0.3) is 0 Å². The Bertz CT molecular complexity index is 534. The van der Waals surface area contributed by atoms with E-state index in [1.54, 1.807) is 19.2 Å². The van der Waals surface area contributed by atoms with Crippen molar-refractivity contribution in [3.63, 3.8) is 0 Å². The third kappa shape index (κ3) is 3.87. The molecule has 0 saturated heterocycles. The molecule has 122 valence electrons. The van der Waals surface area contributed by atoms with Crippen molar-refractivity contribution in [2.24, 2.45) is 0 Å². The number of para-hydroxylation sites is 1. The van der Waals surface area contributed by atoms with Crippen molar-refractivity contribution < 1.29 is 35.1 Å². The van der Waals surface area contributed by atoms with Crippen LogP contribution in [0.15, 0.2) is 24.3 Å². The van der Waals surface area contributed by atoms with Gasteiger partial charge in [0.15, 0.2) is 0 Å². The predicted octanol–water partition coefficient (Wildman–Crippen LogP) is -2.08. The van der Waals surface area contributed by atoms with E-state index in [0.717, 1.165) is 0 Å². The third-order valence-electron chi connectivity index (χ3n) is 3.19. The zero-order chi connectivity index (χ0) is 16.9. The van der Waals surface area contributed by atoms with Crippen molar-refractivity contribution in [1.29, 1.82) is 0 Å². The largest absolute Gasteiger partial charge is 0.394 e. The summed E-state index contributed by atoms with van der Waals surface area (Å²) in [7, 11) is 1.54. The van der Waals surface area contributed by atoms with E-state index in [1.165, 1.54) is 12.1 Å². The van der Waals surface area contributed by atoms with Gasteiger partial charge in [-0.3, -0.25) is 9.59 Å². The number of hydrogen-bond donors (Lipinski definition) is 6. The molecule has 0 spiro atoms. The summed E-state index contributed by atoms with van der Waals surface area (Å²) < 4.78 is 0. The average Bonchev–Trinajstić information content (AvgIpc) is 2.57. The van der Waals surface area contributed by atoms with Crippen molar-refractivity contribution in [3.05, 3.63) is 29.8 Å². The fraction of sp³-hybridized carbons (Fsp3) is 0.429. The molecule has 1 rings (SSSR count). The Kier molecular flexibility index (Phi) is 6.60. The first-order valence-corrected chi connectivity index (χ1v) is 6.53. The number of hydrogen-bond acceptors (Lipinski definition) is 8. The van der Waals surface area contributed by atoms with Crippen LogP contribution in [-0.2, 0) is 4.79 Å². The van der Waals surface area contributed by atoms with Crippen LogP contribution >= 0.6 is 0 Å². The summed E-state index contributed by atoms with van der Waals surface area (Å²) in [6.07, 6.45) is -8.07. The summed E-state index contributed by atoms with van der Waals surface area (Å²) >= 11 is 0. The summed E-state index contributed by atoms with van der Waals surface area (Å²) in [4.78, 5) is 24.0. The van der Waals surface area contributed by atoms with E-state index in [1.807, 2.05) is 0 Å². The molecule has 0 heterocycles. The molecule has 8 nitrogen and oxygen atoms in total. The summed E-state index contributed by atoms with van der Waals surface area (Å²) in [5, 5.41) is 49.4. The van der Waals surface area contributed by atoms with Crippen molar-refractivity contribution in [3.8, 4) is 0 Å². The van der Waals surface area contributed by atoms with Crippen LogP contribution in [0.4, 0.5) is 5.69 Å². The molecular weight excluding hydrogens is 294 g/mol. The molecule has 0 aliphatic rings. The van der Waals surface area contributed by atoms with Gasteiger partial charge in [0, 0.05) is 18.3 Å². The Morgan fingerprint density at radius 3 is 2.23 bits per heavy atom. The maximum Gasteiger partial charge on any atom is 0.234 e. The number of rotatable bonds is 8. The number of ketones is 2. The summed E-state index contributed by atoms with van der Waals surface area (Å²) in [5.41, 5.74) is 0.358. The average molecular weight is 313 g/mol. The van der Waals surface area contributed by atoms with Crippen LogP contribution < -0.4 is 5.32 Å². The number of carbonyl (C=O) groups is 2. The predicted molar refractivity (Wildman–Crippen MR) is 76.4 cm³/mol. The van der Waals surface area contributed by atoms with Gasteiger partial charge in [-0.25, -0.2) is 0 Å². The minimum atomic E-state index is -2.23. The van der Waals surface area contributed by atoms with Gasteiger partial charge in [-0.1, -0.05) is 12.1 Å². The molecule has 0 radical (unpaired) electrons. The number of Topliss-reactive ketones (excluding diaryl/α,β-unsaturated/α-hetero) is 2. The van der Waals surface area contributed by atoms with Gasteiger partial charge < -0.3 is 30.8 Å². The van der Waals surface area contributed by atoms with Crippen LogP contribution in [0.1, 0.15) is 10.4 Å². The van der Waals surface area contributed by atoms with E-state index < -0.39 is 42.6 Å². The van der Waals surface area contributed by atoms with E-state index in [4.69, 9.17) is 5.11 Å². The summed E-state index contributed by atoms with van der Waals surface area (Å²) in [6.45, 7) is -0.879. The Balaban J connectivity index is 2.92. The minimum absolute atomic E-state index is 0.00144. The number of benzene rings is 1. The Morgan fingerprint density at radius 1 is 1.09 bits per heavy atom. The monoisotopic (exact) mass is 313 g/mol. The molecule has 0 fully saturated rings. The molecule has 0 amide bonds. The van der Waals surface area contributed by atoms with Crippen LogP contribution in [-0.4, -0.2) is 75.2 Å². The topological polar surface area (TPSA) is 147 Å². The normalized spacial score (nSPS) is 16.5. The minimum Gasteiger partial charge on any atom is -0.394 e. The van der Waals surface area contributed by atoms with E-state index >= 15 is 0 Å². The second-order valence-corrected chi connectivity index (χ2v) is 4.66. The van der Waals surface area contributed by atoms with E-state index in [2.05, 4.69) is 5.32 Å². The van der Waals surface area contributed by atoms with Gasteiger partial charge in [0.05, 0.1) is 6.61 Å². The second kappa shape index (κ2) is 7.97. The van der Waals surface area contributed by atoms with E-state index in [0.29, 0.717) is 5.69 Å². The number of nitrogens with one attached hydrogen (secondary N) is 1. The van der Waals surface area contributed by atoms with Gasteiger partial charge >= 0.3 is 0 Å². The van der Waals surface area contributed by atoms with Gasteiger partial charge in [-0.2, -0.15) is 0 Å². The molecule has 0 aliphatic heterocycles. The molecule has 6 N–H and O–H groups in total. The maximum absolute atomic E-state index is 12.1. The molecule has 0 bridgehead atoms. The zero-order valence-corrected chi connectivity index (χ0v) is 11.9. The lowest BCUT2D eigenvalue weighted by atomic mass is 9.95. The van der Waals surface area contributed by atoms with Gasteiger partial charge in [0.2, 0.25) is 11.6 Å². The van der Waals surface area contributed by atoms with Gasteiger partial charge in [-0.15, -0.1) is 0 Å². The third-order valence-corrected chi connectivity index (χ3v) is 3.19. The zero-order valence-electron chi connectivity index (χ0n) is 11.9. The van der Waals surface area contributed by atoms with Gasteiger partial charge in [-0.05, 0) is 12.1 Å². The first kappa shape index (κ1) is 18.2. The van der Waals surface area contributed by atoms with Crippen molar-refractivity contribution in [1.82, 2.24) is 0 Å². The SMILES string of the molecule is CNc1ccccc1C(=O)C(=O)[C@H](O)[C@@H](O)[C@H](O)[C@H](O)CO. The highest BCUT2D eigenvalue weighted by Gasteiger charge is 2.37. The maximum atomic E-state index is 12.1. The highest BCUT2D eigenvalue weighted by Crippen LogP contribution is 2.17. The van der Waals surface area contributed by atoms with Crippen LogP contribution in [0, 0.1) is 0 Å². The number of aliphatic hydroxyl groups excluding tert-OH is 5. The summed E-state index contributed by atoms with van der Waals surface area (Å²) in [6, 6.07) is 6.08. The molecule has 22 heavy (non-hydrogen) atoms. The second-order valence-electron chi connectivity index (χ2n) is 4.66. The van der Waals surface area contributed by atoms with Crippen molar-refractivity contribution in [2.75, 3.05) is 19.0 Å². The fourth-order valence-corrected chi connectivity index (χ4v) is 1.84. The smallest absolute Gasteiger partial charge is 0.234 e. The lowest BCUT2D eigenvalue weighted by molar-refractivity contribution is -0.142. The fourth-order valence-electron chi connectivity index (χ4n) is 1.84. The molecule has 8 heteroatoms. The molecule has 0 unspecified atom stereocenters.